The van der Waals surface area contributed by atoms with E-state index in [4.69, 9.17) is 20.2 Å². The molecule has 0 bridgehead atoms. The van der Waals surface area contributed by atoms with Crippen LogP contribution in [-0.2, 0) is 13.8 Å². The maximum Gasteiger partial charge on any atom is 0.261 e. The van der Waals surface area contributed by atoms with Gasteiger partial charge in [-0.1, -0.05) is 6.92 Å². The van der Waals surface area contributed by atoms with Crippen LogP contribution in [0.3, 0.4) is 0 Å². The first kappa shape index (κ1) is 16.3. The third kappa shape index (κ3) is 5.01. The van der Waals surface area contributed by atoms with Crippen molar-refractivity contribution in [2.24, 2.45) is 0 Å². The Labute approximate surface area is 119 Å². The van der Waals surface area contributed by atoms with Gasteiger partial charge >= 0.3 is 0 Å². The molecule has 0 aliphatic rings. The molecule has 0 aliphatic carbocycles. The predicted molar refractivity (Wildman–Crippen MR) is 75.6 cm³/mol. The summed E-state index contributed by atoms with van der Waals surface area (Å²) in [6.07, 6.45) is 0.973. The molecule has 0 amide bonds. The minimum atomic E-state index is -3.71. The van der Waals surface area contributed by atoms with Crippen molar-refractivity contribution in [3.63, 3.8) is 0 Å². The van der Waals surface area contributed by atoms with Gasteiger partial charge in [0.15, 0.2) is 0 Å². The van der Waals surface area contributed by atoms with E-state index in [2.05, 4.69) is 0 Å². The van der Waals surface area contributed by atoms with Gasteiger partial charge in [-0.3, -0.25) is 0 Å². The van der Waals surface area contributed by atoms with Gasteiger partial charge in [-0.2, -0.15) is 0 Å². The fourth-order valence-electron chi connectivity index (χ4n) is 1.73. The van der Waals surface area contributed by atoms with E-state index in [0.29, 0.717) is 25.6 Å². The van der Waals surface area contributed by atoms with Gasteiger partial charge in [-0.05, 0) is 43.5 Å². The molecule has 0 heterocycles. The lowest BCUT2D eigenvalue weighted by Crippen LogP contribution is -2.09. The molecule has 19 heavy (non-hydrogen) atoms. The first-order valence-electron chi connectivity index (χ1n) is 6.12. The summed E-state index contributed by atoms with van der Waals surface area (Å²) >= 11 is 0. The molecule has 0 atom stereocenters. The molecule has 4 nitrogen and oxygen atoms in total. The van der Waals surface area contributed by atoms with Crippen LogP contribution >= 0.6 is 10.7 Å². The molecule has 0 unspecified atom stereocenters. The highest BCUT2D eigenvalue weighted by Crippen LogP contribution is 2.28. The number of rotatable bonds is 7. The summed E-state index contributed by atoms with van der Waals surface area (Å²) in [6, 6.07) is 3.02. The van der Waals surface area contributed by atoms with Gasteiger partial charge < -0.3 is 9.47 Å². The van der Waals surface area contributed by atoms with Crippen LogP contribution in [0.15, 0.2) is 17.0 Å². The van der Waals surface area contributed by atoms with Crippen molar-refractivity contribution < 1.29 is 17.9 Å². The summed E-state index contributed by atoms with van der Waals surface area (Å²) < 4.78 is 33.5. The Bertz CT molecular complexity index is 502. The normalized spacial score (nSPS) is 11.6. The topological polar surface area (TPSA) is 52.6 Å². The average Bonchev–Trinajstić information content (AvgIpc) is 2.30. The van der Waals surface area contributed by atoms with Crippen molar-refractivity contribution in [3.8, 4) is 5.75 Å². The fraction of sp³-hybridized carbons (Fsp3) is 0.538. The summed E-state index contributed by atoms with van der Waals surface area (Å²) in [5.41, 5.74) is 1.49. The van der Waals surface area contributed by atoms with Gasteiger partial charge in [0.2, 0.25) is 0 Å². The summed E-state index contributed by atoms with van der Waals surface area (Å²) in [7, 11) is 1.62. The molecule has 0 aromatic heterocycles. The Hall–Kier alpha value is -0.780. The van der Waals surface area contributed by atoms with Crippen molar-refractivity contribution in [1.29, 1.82) is 0 Å². The van der Waals surface area contributed by atoms with E-state index in [-0.39, 0.29) is 4.90 Å². The SMILES string of the molecule is CCCOCCOc1c(C)cc(S(=O)(=O)Cl)cc1C. The van der Waals surface area contributed by atoms with E-state index in [0.717, 1.165) is 17.5 Å². The predicted octanol–water partition coefficient (Wildman–Crippen LogP) is 3.04. The zero-order valence-corrected chi connectivity index (χ0v) is 13.0. The summed E-state index contributed by atoms with van der Waals surface area (Å²) in [6.45, 7) is 7.30. The van der Waals surface area contributed by atoms with Gasteiger partial charge in [0.1, 0.15) is 12.4 Å². The van der Waals surface area contributed by atoms with Crippen LogP contribution in [0.25, 0.3) is 0 Å². The standard InChI is InChI=1S/C13H19ClO4S/c1-4-5-17-6-7-18-13-10(2)8-12(9-11(13)3)19(14,15)16/h8-9H,4-7H2,1-3H3. The maximum atomic E-state index is 11.3. The lowest BCUT2D eigenvalue weighted by atomic mass is 10.1. The van der Waals surface area contributed by atoms with Gasteiger partial charge in [0, 0.05) is 17.3 Å². The number of halogens is 1. The van der Waals surface area contributed by atoms with E-state index in [9.17, 15) is 8.42 Å². The van der Waals surface area contributed by atoms with Crippen molar-refractivity contribution in [3.05, 3.63) is 23.3 Å². The smallest absolute Gasteiger partial charge is 0.261 e. The lowest BCUT2D eigenvalue weighted by molar-refractivity contribution is 0.100. The van der Waals surface area contributed by atoms with Crippen molar-refractivity contribution >= 4 is 19.7 Å². The molecule has 6 heteroatoms. The monoisotopic (exact) mass is 306 g/mol. The Morgan fingerprint density at radius 2 is 1.68 bits per heavy atom. The van der Waals surface area contributed by atoms with Gasteiger partial charge in [0.25, 0.3) is 9.05 Å². The lowest BCUT2D eigenvalue weighted by Gasteiger charge is -2.13. The fourth-order valence-corrected chi connectivity index (χ4v) is 2.63. The second-order valence-corrected chi connectivity index (χ2v) is 6.85. The molecule has 0 saturated carbocycles. The van der Waals surface area contributed by atoms with Gasteiger partial charge in [-0.15, -0.1) is 0 Å². The van der Waals surface area contributed by atoms with Crippen molar-refractivity contribution in [1.82, 2.24) is 0 Å². The molecule has 0 saturated heterocycles. The zero-order chi connectivity index (χ0) is 14.5. The van der Waals surface area contributed by atoms with Crippen LogP contribution in [-0.4, -0.2) is 28.2 Å². The van der Waals surface area contributed by atoms with Crippen LogP contribution in [0.2, 0.25) is 0 Å². The quantitative estimate of drug-likeness (QED) is 0.574. The Morgan fingerprint density at radius 1 is 1.11 bits per heavy atom. The molecule has 0 aliphatic heterocycles. The number of hydrogen-bond acceptors (Lipinski definition) is 4. The molecule has 0 N–H and O–H groups in total. The highest BCUT2D eigenvalue weighted by molar-refractivity contribution is 8.13. The first-order valence-corrected chi connectivity index (χ1v) is 8.43. The number of ether oxygens (including phenoxy) is 2. The Balaban J connectivity index is 2.75. The summed E-state index contributed by atoms with van der Waals surface area (Å²) in [5.74, 6) is 0.684. The third-order valence-corrected chi connectivity index (χ3v) is 3.87. The Kier molecular flexibility index (Phi) is 6.10. The summed E-state index contributed by atoms with van der Waals surface area (Å²) in [4.78, 5) is 0.0961. The van der Waals surface area contributed by atoms with E-state index < -0.39 is 9.05 Å². The molecule has 108 valence electrons. The molecular weight excluding hydrogens is 288 g/mol. The molecular formula is C13H19ClO4S. The third-order valence-electron chi connectivity index (χ3n) is 2.54. The molecule has 1 rings (SSSR count). The molecule has 0 fully saturated rings. The maximum absolute atomic E-state index is 11.3. The average molecular weight is 307 g/mol. The second-order valence-electron chi connectivity index (χ2n) is 4.28. The highest BCUT2D eigenvalue weighted by Gasteiger charge is 2.14. The van der Waals surface area contributed by atoms with E-state index in [1.165, 1.54) is 12.1 Å². The second kappa shape index (κ2) is 7.12. The number of aryl methyl sites for hydroxylation is 2. The number of benzene rings is 1. The van der Waals surface area contributed by atoms with Gasteiger partial charge in [0.05, 0.1) is 11.5 Å². The van der Waals surface area contributed by atoms with E-state index in [1.54, 1.807) is 13.8 Å². The molecule has 1 aromatic rings. The summed E-state index contributed by atoms with van der Waals surface area (Å²) in [5, 5.41) is 0. The van der Waals surface area contributed by atoms with Crippen molar-refractivity contribution in [2.75, 3.05) is 19.8 Å². The van der Waals surface area contributed by atoms with Crippen LogP contribution in [0.1, 0.15) is 24.5 Å². The first-order chi connectivity index (χ1) is 8.86. The molecule has 0 radical (unpaired) electrons. The number of hydrogen-bond donors (Lipinski definition) is 0. The minimum absolute atomic E-state index is 0.0961. The van der Waals surface area contributed by atoms with E-state index >= 15 is 0 Å². The van der Waals surface area contributed by atoms with Crippen LogP contribution in [0.4, 0.5) is 0 Å². The highest BCUT2D eigenvalue weighted by atomic mass is 35.7. The largest absolute Gasteiger partial charge is 0.491 e. The molecule has 0 spiro atoms. The van der Waals surface area contributed by atoms with Crippen LogP contribution in [0, 0.1) is 13.8 Å². The Morgan fingerprint density at radius 3 is 2.16 bits per heavy atom. The van der Waals surface area contributed by atoms with E-state index in [1.807, 2.05) is 6.92 Å². The van der Waals surface area contributed by atoms with Crippen LogP contribution in [0.5, 0.6) is 5.75 Å². The van der Waals surface area contributed by atoms with Crippen LogP contribution < -0.4 is 4.74 Å². The minimum Gasteiger partial charge on any atom is -0.491 e. The van der Waals surface area contributed by atoms with Crippen molar-refractivity contribution in [2.45, 2.75) is 32.1 Å². The zero-order valence-electron chi connectivity index (χ0n) is 11.4. The molecule has 1 aromatic carbocycles. The van der Waals surface area contributed by atoms with Gasteiger partial charge in [-0.25, -0.2) is 8.42 Å².